The van der Waals surface area contributed by atoms with E-state index in [-0.39, 0.29) is 25.3 Å². The molecule has 2 aliphatic carbocycles. The van der Waals surface area contributed by atoms with Gasteiger partial charge in [-0.3, -0.25) is 19.1 Å². The Morgan fingerprint density at radius 1 is 1.09 bits per heavy atom. The highest BCUT2D eigenvalue weighted by Gasteiger charge is 2.62. The molecule has 64 heavy (non-hydrogen) atoms. The van der Waals surface area contributed by atoms with Crippen LogP contribution in [0, 0.1) is 5.92 Å². The lowest BCUT2D eigenvalue weighted by Crippen LogP contribution is -2.59. The van der Waals surface area contributed by atoms with Crippen LogP contribution in [0.1, 0.15) is 105 Å². The molecule has 4 aliphatic rings. The Labute approximate surface area is 379 Å². The number of benzene rings is 1. The minimum Gasteiger partial charge on any atom is -0.497 e. The second kappa shape index (κ2) is 19.1. The molecule has 2 aromatic heterocycles. The molecule has 6 atom stereocenters. The summed E-state index contributed by atoms with van der Waals surface area (Å²) in [4.78, 5) is 68.9. The molecule has 2 saturated carbocycles. The lowest BCUT2D eigenvalue weighted by molar-refractivity contribution is -0.143. The fourth-order valence-electron chi connectivity index (χ4n) is 8.49. The second-order valence-electron chi connectivity index (χ2n) is 18.5. The third-order valence-electron chi connectivity index (χ3n) is 11.9. The summed E-state index contributed by atoms with van der Waals surface area (Å²) in [5.74, 6) is -1.38. The van der Waals surface area contributed by atoms with Crippen LogP contribution < -0.4 is 30.1 Å². The number of hydrogen-bond donors (Lipinski definition) is 4. The number of thiazole rings is 1. The number of pyridine rings is 1. The number of amides is 4. The van der Waals surface area contributed by atoms with Crippen molar-refractivity contribution >= 4 is 61.2 Å². The summed E-state index contributed by atoms with van der Waals surface area (Å²) >= 11 is 1.45. The van der Waals surface area contributed by atoms with Crippen LogP contribution >= 0.6 is 11.3 Å². The van der Waals surface area contributed by atoms with Gasteiger partial charge in [0, 0.05) is 41.3 Å². The van der Waals surface area contributed by atoms with Crippen molar-refractivity contribution in [1.29, 1.82) is 0 Å². The van der Waals surface area contributed by atoms with Gasteiger partial charge in [-0.15, -0.1) is 17.9 Å². The Kier molecular flexibility index (Phi) is 13.9. The minimum atomic E-state index is -3.94. The zero-order valence-electron chi connectivity index (χ0n) is 37.5. The zero-order chi connectivity index (χ0) is 46.0. The number of carbonyl (C=O) groups is 4. The molecule has 3 fully saturated rings. The topological polar surface area (TPSA) is 207 Å². The van der Waals surface area contributed by atoms with Crippen LogP contribution in [-0.4, -0.2) is 101 Å². The molecule has 1 aromatic carbocycles. The van der Waals surface area contributed by atoms with Crippen LogP contribution in [-0.2, 0) is 29.1 Å². The van der Waals surface area contributed by atoms with E-state index in [0.717, 1.165) is 18.0 Å². The van der Waals surface area contributed by atoms with Crippen LogP contribution in [0.25, 0.3) is 22.3 Å². The number of nitrogens with zero attached hydrogens (tertiary/aromatic N) is 3. The van der Waals surface area contributed by atoms with Crippen molar-refractivity contribution in [2.45, 2.75) is 152 Å². The lowest BCUT2D eigenvalue weighted by Gasteiger charge is -2.35. The number of methoxy groups -OCH3 is 1. The molecule has 3 aromatic rings. The number of nitrogens with one attached hydrogen (secondary N) is 4. The van der Waals surface area contributed by atoms with Gasteiger partial charge in [0.25, 0.3) is 5.91 Å². The van der Waals surface area contributed by atoms with Crippen molar-refractivity contribution < 1.29 is 41.8 Å². The number of alkyl carbamates (subject to hydrolysis) is 1. The van der Waals surface area contributed by atoms with Gasteiger partial charge in [-0.25, -0.2) is 23.2 Å². The Morgan fingerprint density at radius 3 is 2.58 bits per heavy atom. The predicted octanol–water partition coefficient (Wildman–Crippen LogP) is 6.77. The van der Waals surface area contributed by atoms with Gasteiger partial charge in [-0.2, -0.15) is 0 Å². The average molecular weight is 920 g/mol. The zero-order valence-corrected chi connectivity index (χ0v) is 39.1. The van der Waals surface area contributed by atoms with Gasteiger partial charge < -0.3 is 35.1 Å². The summed E-state index contributed by atoms with van der Waals surface area (Å²) < 4.78 is 46.6. The van der Waals surface area contributed by atoms with Crippen molar-refractivity contribution in [1.82, 2.24) is 30.2 Å². The minimum absolute atomic E-state index is 0.00554. The molecule has 2 aliphatic heterocycles. The third-order valence-corrected chi connectivity index (χ3v) is 14.5. The SMILES string of the molecule is C=CCC[C@H]1[C@H](Oc2cc(-c3csc(NC(C)C)n3)nc3cc(OC)ccc23)CC2C(=O)NC3(C(=O)NS(=O)(=O)C4CC4)CC3/C=C\CCCCCC(NC(=O)OC(C)(C)C)C(=O)N21. The summed E-state index contributed by atoms with van der Waals surface area (Å²) in [6, 6.07) is 4.44. The van der Waals surface area contributed by atoms with Crippen molar-refractivity contribution in [3.8, 4) is 22.9 Å². The molecule has 0 radical (unpaired) electrons. The molecule has 346 valence electrons. The van der Waals surface area contributed by atoms with E-state index in [2.05, 4.69) is 27.3 Å². The molecule has 0 spiro atoms. The highest BCUT2D eigenvalue weighted by atomic mass is 32.2. The molecule has 18 heteroatoms. The quantitative estimate of drug-likeness (QED) is 0.131. The smallest absolute Gasteiger partial charge is 0.408 e. The molecule has 7 rings (SSSR count). The highest BCUT2D eigenvalue weighted by Crippen LogP contribution is 2.47. The molecule has 4 amide bonds. The fourth-order valence-corrected chi connectivity index (χ4v) is 10.7. The monoisotopic (exact) mass is 919 g/mol. The van der Waals surface area contributed by atoms with Crippen molar-refractivity contribution in [3.63, 3.8) is 0 Å². The molecule has 4 N–H and O–H groups in total. The molecule has 0 bridgehead atoms. The van der Waals surface area contributed by atoms with Crippen LogP contribution in [0.4, 0.5) is 9.93 Å². The summed E-state index contributed by atoms with van der Waals surface area (Å²) in [5.41, 5.74) is -0.663. The number of rotatable bonds is 13. The first-order valence-corrected chi connectivity index (χ1v) is 24.7. The molecule has 16 nitrogen and oxygen atoms in total. The van der Waals surface area contributed by atoms with E-state index >= 15 is 4.79 Å². The number of ether oxygens (including phenoxy) is 3. The van der Waals surface area contributed by atoms with Crippen molar-refractivity contribution in [2.24, 2.45) is 5.92 Å². The van der Waals surface area contributed by atoms with Gasteiger partial charge in [0.1, 0.15) is 46.5 Å². The van der Waals surface area contributed by atoms with Gasteiger partial charge in [0.2, 0.25) is 21.8 Å². The first-order valence-electron chi connectivity index (χ1n) is 22.3. The van der Waals surface area contributed by atoms with Crippen molar-refractivity contribution in [3.05, 3.63) is 54.5 Å². The van der Waals surface area contributed by atoms with E-state index in [4.69, 9.17) is 24.2 Å². The first kappa shape index (κ1) is 46.8. The van der Waals surface area contributed by atoms with E-state index in [1.807, 2.05) is 37.4 Å². The number of aromatic nitrogens is 2. The van der Waals surface area contributed by atoms with Crippen LogP contribution in [0.15, 0.2) is 54.5 Å². The lowest BCUT2D eigenvalue weighted by atomic mass is 10.0. The number of anilines is 1. The molecule has 4 unspecified atom stereocenters. The van der Waals surface area contributed by atoms with Crippen LogP contribution in [0.3, 0.4) is 0 Å². The maximum Gasteiger partial charge on any atom is 0.408 e. The van der Waals surface area contributed by atoms with Gasteiger partial charge in [0.15, 0.2) is 5.13 Å². The predicted molar refractivity (Wildman–Crippen MR) is 245 cm³/mol. The summed E-state index contributed by atoms with van der Waals surface area (Å²) in [5, 5.41) is 11.8. The van der Waals surface area contributed by atoms with E-state index in [1.165, 1.54) is 16.2 Å². The van der Waals surface area contributed by atoms with Gasteiger partial charge >= 0.3 is 6.09 Å². The van der Waals surface area contributed by atoms with E-state index < -0.39 is 80.4 Å². The standard InChI is InChI=1S/C46H61N7O9S2/c1-8-9-17-36-39(61-38-23-34(35-26-63-43(49-35)47-27(2)3)48-33-22-29(60-7)18-21-31(33)38)24-37-40(54)51-46(42(56)52-64(58,59)30-19-20-30)25-28(46)15-13-11-10-12-14-16-32(41(55)53(36)37)50-44(57)62-45(4,5)6/h8,13,15,18,21-23,26-28,30,32,36-37,39H,1,9-12,14,16-17,19-20,24-25H2,2-7H3,(H,47,49)(H,50,57)(H,51,54)(H,52,56)/b15-13-/t28?,32?,36-,37?,39+,46?/m0/s1. The Morgan fingerprint density at radius 2 is 1.88 bits per heavy atom. The van der Waals surface area contributed by atoms with Gasteiger partial charge in [-0.1, -0.05) is 31.1 Å². The van der Waals surface area contributed by atoms with Crippen molar-refractivity contribution in [2.75, 3.05) is 12.4 Å². The number of carbonyl (C=O) groups excluding carboxylic acids is 4. The largest absolute Gasteiger partial charge is 0.497 e. The molecular weight excluding hydrogens is 859 g/mol. The number of allylic oxidation sites excluding steroid dienone is 2. The number of sulfonamides is 1. The third kappa shape index (κ3) is 10.8. The summed E-state index contributed by atoms with van der Waals surface area (Å²) in [7, 11) is -2.37. The second-order valence-corrected chi connectivity index (χ2v) is 21.3. The summed E-state index contributed by atoms with van der Waals surface area (Å²) in [6.45, 7) is 13.2. The van der Waals surface area contributed by atoms with Crippen LogP contribution in [0.2, 0.25) is 0 Å². The maximum absolute atomic E-state index is 15.2. The first-order chi connectivity index (χ1) is 30.4. The Balaban J connectivity index is 1.30. The summed E-state index contributed by atoms with van der Waals surface area (Å²) in [6.07, 6.45) is 8.97. The number of hydrogen-bond acceptors (Lipinski definition) is 13. The normalized spacial score (nSPS) is 25.8. The van der Waals surface area contributed by atoms with E-state index in [9.17, 15) is 22.8 Å². The van der Waals surface area contributed by atoms with Gasteiger partial charge in [-0.05, 0) is 98.1 Å². The van der Waals surface area contributed by atoms with Gasteiger partial charge in [0.05, 0.1) is 29.6 Å². The fraction of sp³-hybridized carbons (Fsp3) is 0.565. The maximum atomic E-state index is 15.2. The Bertz CT molecular complexity index is 2390. The molecule has 4 heterocycles. The average Bonchev–Trinajstić information content (AvgIpc) is 4.12. The number of fused-ring (bicyclic) bond motifs is 3. The van der Waals surface area contributed by atoms with Crippen LogP contribution in [0.5, 0.6) is 11.5 Å². The molecular formula is C46H61N7O9S2. The van der Waals surface area contributed by atoms with E-state index in [1.54, 1.807) is 52.2 Å². The molecule has 1 saturated heterocycles. The van der Waals surface area contributed by atoms with E-state index in [0.29, 0.717) is 72.3 Å². The Hall–Kier alpha value is -5.23. The highest BCUT2D eigenvalue weighted by molar-refractivity contribution is 7.91.